The van der Waals surface area contributed by atoms with Crippen LogP contribution in [0.3, 0.4) is 0 Å². The van der Waals surface area contributed by atoms with Crippen LogP contribution in [0, 0.1) is 17.8 Å². The van der Waals surface area contributed by atoms with Crippen LogP contribution in [-0.4, -0.2) is 5.97 Å². The van der Waals surface area contributed by atoms with Gasteiger partial charge in [-0.05, 0) is 50.4 Å². The summed E-state index contributed by atoms with van der Waals surface area (Å²) in [6.07, 6.45) is 12.8. The van der Waals surface area contributed by atoms with Crippen LogP contribution in [-0.2, 0) is 4.79 Å². The van der Waals surface area contributed by atoms with Gasteiger partial charge in [-0.25, -0.2) is 0 Å². The molecule has 0 fully saturated rings. The molecule has 0 saturated carbocycles. The molecule has 0 radical (unpaired) electrons. The average Bonchev–Trinajstić information content (AvgIpc) is 2.46. The number of rotatable bonds is 13. The largest absolute Gasteiger partial charge is 0.550 e. The first kappa shape index (κ1) is 21.2. The quantitative estimate of drug-likeness (QED) is 0.443. The summed E-state index contributed by atoms with van der Waals surface area (Å²) < 4.78 is 0. The van der Waals surface area contributed by atoms with Gasteiger partial charge in [-0.15, -0.1) is 0 Å². The molecule has 0 spiro atoms. The zero-order valence-electron chi connectivity index (χ0n) is 15.5. The fraction of sp³-hybridized carbons (Fsp3) is 0.850. The number of carbonyl (C=O) groups excluding carboxylic acids is 1. The lowest BCUT2D eigenvalue weighted by atomic mass is 9.93. The summed E-state index contributed by atoms with van der Waals surface area (Å²) in [5.41, 5.74) is 1.40. The summed E-state index contributed by atoms with van der Waals surface area (Å²) in [5, 5.41) is 10.6. The van der Waals surface area contributed by atoms with Gasteiger partial charge in [-0.1, -0.05) is 71.4 Å². The van der Waals surface area contributed by atoms with Crippen LogP contribution in [0.25, 0.3) is 0 Å². The maximum Gasteiger partial charge on any atom is 0.0442 e. The van der Waals surface area contributed by atoms with E-state index < -0.39 is 5.97 Å². The number of aliphatic carboxylic acids is 1. The maximum absolute atomic E-state index is 10.6. The van der Waals surface area contributed by atoms with Crippen molar-refractivity contribution in [3.63, 3.8) is 0 Å². The lowest BCUT2D eigenvalue weighted by Crippen LogP contribution is -2.29. The van der Waals surface area contributed by atoms with E-state index >= 15 is 0 Å². The van der Waals surface area contributed by atoms with E-state index in [1.54, 1.807) is 6.92 Å². The average molecular weight is 310 g/mol. The molecule has 0 rings (SSSR count). The van der Waals surface area contributed by atoms with Gasteiger partial charge >= 0.3 is 0 Å². The molecule has 0 aromatic heterocycles. The highest BCUT2D eigenvalue weighted by molar-refractivity contribution is 5.66. The lowest BCUT2D eigenvalue weighted by molar-refractivity contribution is -0.311. The van der Waals surface area contributed by atoms with Crippen LogP contribution in [0.4, 0.5) is 0 Å². The zero-order valence-corrected chi connectivity index (χ0v) is 15.5. The first-order valence-corrected chi connectivity index (χ1v) is 9.23. The minimum atomic E-state index is -0.933. The number of carboxylic acids is 1. The standard InChI is InChI=1S/C20H38O2/c1-6-16(2)10-7-11-17(3)12-8-13-18(4)14-9-15-19(5)20(21)22/h14,16-17,19H,6-13,15H2,1-5H3,(H,21,22)/p-1/b18-14+. The number of carboxylic acid groups (broad SMARTS) is 1. The van der Waals surface area contributed by atoms with Crippen LogP contribution in [0.2, 0.25) is 0 Å². The topological polar surface area (TPSA) is 40.1 Å². The zero-order chi connectivity index (χ0) is 17.0. The molecule has 0 aliphatic carbocycles. The normalized spacial score (nSPS) is 16.3. The van der Waals surface area contributed by atoms with Gasteiger partial charge in [-0.3, -0.25) is 0 Å². The highest BCUT2D eigenvalue weighted by atomic mass is 16.4. The fourth-order valence-corrected chi connectivity index (χ4v) is 2.69. The molecule has 0 aromatic carbocycles. The predicted molar refractivity (Wildman–Crippen MR) is 93.5 cm³/mol. The number of hydrogen-bond donors (Lipinski definition) is 0. The van der Waals surface area contributed by atoms with Crippen LogP contribution in [0.5, 0.6) is 0 Å². The minimum Gasteiger partial charge on any atom is -0.550 e. The Hall–Kier alpha value is -0.790. The Labute approximate surface area is 138 Å². The van der Waals surface area contributed by atoms with Gasteiger partial charge in [0.05, 0.1) is 0 Å². The van der Waals surface area contributed by atoms with Crippen LogP contribution in [0.15, 0.2) is 11.6 Å². The maximum atomic E-state index is 10.6. The highest BCUT2D eigenvalue weighted by Gasteiger charge is 2.05. The molecule has 130 valence electrons. The minimum absolute atomic E-state index is 0.338. The number of hydrogen-bond acceptors (Lipinski definition) is 2. The summed E-state index contributed by atoms with van der Waals surface area (Å²) in [6, 6.07) is 0. The van der Waals surface area contributed by atoms with E-state index in [2.05, 4.69) is 33.8 Å². The summed E-state index contributed by atoms with van der Waals surface area (Å²) in [5.74, 6) is 0.433. The molecule has 0 heterocycles. The van der Waals surface area contributed by atoms with Crippen LogP contribution >= 0.6 is 0 Å². The first-order valence-electron chi connectivity index (χ1n) is 9.23. The van der Waals surface area contributed by atoms with Crippen molar-refractivity contribution in [3.8, 4) is 0 Å². The Morgan fingerprint density at radius 3 is 2.18 bits per heavy atom. The van der Waals surface area contributed by atoms with Gasteiger partial charge in [0.2, 0.25) is 0 Å². The van der Waals surface area contributed by atoms with E-state index in [4.69, 9.17) is 0 Å². The van der Waals surface area contributed by atoms with E-state index in [1.165, 1.54) is 44.1 Å². The summed E-state index contributed by atoms with van der Waals surface area (Å²) >= 11 is 0. The second-order valence-corrected chi connectivity index (χ2v) is 7.29. The van der Waals surface area contributed by atoms with E-state index in [1.807, 2.05) is 0 Å². The molecule has 2 heteroatoms. The third-order valence-electron chi connectivity index (χ3n) is 4.85. The third-order valence-corrected chi connectivity index (χ3v) is 4.85. The third kappa shape index (κ3) is 11.8. The first-order chi connectivity index (χ1) is 10.4. The summed E-state index contributed by atoms with van der Waals surface area (Å²) in [7, 11) is 0. The van der Waals surface area contributed by atoms with Crippen LogP contribution < -0.4 is 5.11 Å². The predicted octanol–water partition coefficient (Wildman–Crippen LogP) is 5.12. The van der Waals surface area contributed by atoms with E-state index in [0.717, 1.165) is 24.7 Å². The second kappa shape index (κ2) is 12.7. The van der Waals surface area contributed by atoms with Crippen molar-refractivity contribution >= 4 is 5.97 Å². The molecule has 0 amide bonds. The van der Waals surface area contributed by atoms with Gasteiger partial charge in [0.1, 0.15) is 0 Å². The molecule has 0 aliphatic rings. The summed E-state index contributed by atoms with van der Waals surface area (Å²) in [6.45, 7) is 10.9. The van der Waals surface area contributed by atoms with Crippen molar-refractivity contribution in [3.05, 3.63) is 11.6 Å². The van der Waals surface area contributed by atoms with Gasteiger partial charge in [0.25, 0.3) is 0 Å². The number of carbonyl (C=O) groups is 1. The SMILES string of the molecule is CCC(C)CCCC(C)CCC/C(C)=C/CCC(C)C(=O)[O-]. The highest BCUT2D eigenvalue weighted by Crippen LogP contribution is 2.20. The van der Waals surface area contributed by atoms with Crippen molar-refractivity contribution in [2.45, 2.75) is 92.4 Å². The molecule has 0 saturated heterocycles. The van der Waals surface area contributed by atoms with Crippen molar-refractivity contribution < 1.29 is 9.90 Å². The van der Waals surface area contributed by atoms with Gasteiger partial charge in [-0.2, -0.15) is 0 Å². The van der Waals surface area contributed by atoms with E-state index in [-0.39, 0.29) is 5.92 Å². The Kier molecular flexibility index (Phi) is 12.3. The molecule has 3 atom stereocenters. The molecular weight excluding hydrogens is 272 g/mol. The van der Waals surface area contributed by atoms with Gasteiger partial charge < -0.3 is 9.90 Å². The summed E-state index contributed by atoms with van der Waals surface area (Å²) in [4.78, 5) is 10.6. The lowest BCUT2D eigenvalue weighted by Gasteiger charge is -2.13. The second-order valence-electron chi connectivity index (χ2n) is 7.29. The molecule has 2 nitrogen and oxygen atoms in total. The molecule has 3 unspecified atom stereocenters. The Balaban J connectivity index is 3.69. The van der Waals surface area contributed by atoms with Crippen molar-refractivity contribution in [2.75, 3.05) is 0 Å². The van der Waals surface area contributed by atoms with Gasteiger partial charge in [0, 0.05) is 5.97 Å². The van der Waals surface area contributed by atoms with Crippen molar-refractivity contribution in [1.29, 1.82) is 0 Å². The van der Waals surface area contributed by atoms with Crippen molar-refractivity contribution in [1.82, 2.24) is 0 Å². The molecule has 0 bridgehead atoms. The Morgan fingerprint density at radius 2 is 1.59 bits per heavy atom. The molecule has 0 aliphatic heterocycles. The fourth-order valence-electron chi connectivity index (χ4n) is 2.69. The number of allylic oxidation sites excluding steroid dienone is 2. The Morgan fingerprint density at radius 1 is 1.00 bits per heavy atom. The molecule has 0 N–H and O–H groups in total. The van der Waals surface area contributed by atoms with E-state index in [9.17, 15) is 9.90 Å². The molecule has 0 aromatic rings. The van der Waals surface area contributed by atoms with E-state index in [0.29, 0.717) is 6.42 Å². The molecular formula is C20H37O2-. The smallest absolute Gasteiger partial charge is 0.0442 e. The van der Waals surface area contributed by atoms with Crippen LogP contribution in [0.1, 0.15) is 92.4 Å². The monoisotopic (exact) mass is 309 g/mol. The van der Waals surface area contributed by atoms with Gasteiger partial charge in [0.15, 0.2) is 0 Å². The Bertz CT molecular complexity index is 320. The van der Waals surface area contributed by atoms with Crippen molar-refractivity contribution in [2.24, 2.45) is 17.8 Å². The molecule has 22 heavy (non-hydrogen) atoms.